The summed E-state index contributed by atoms with van der Waals surface area (Å²) in [6, 6.07) is 24.9. The van der Waals surface area contributed by atoms with Gasteiger partial charge < -0.3 is 15.2 Å². The van der Waals surface area contributed by atoms with Gasteiger partial charge in [0, 0.05) is 24.5 Å². The van der Waals surface area contributed by atoms with Gasteiger partial charge in [-0.15, -0.1) is 0 Å². The fourth-order valence-electron chi connectivity index (χ4n) is 3.75. The molecule has 0 spiro atoms. The SMILES string of the molecule is CCC(NC=O)C(NC(=O)c1ccccn1)c1ccccc1.Cc1cc2ccccc2n1C. The molecular weight excluding hydrogens is 412 g/mol. The number of benzene rings is 2. The largest absolute Gasteiger partial charge is 0.354 e. The molecule has 170 valence electrons. The van der Waals surface area contributed by atoms with Crippen molar-refractivity contribution < 1.29 is 9.59 Å². The summed E-state index contributed by atoms with van der Waals surface area (Å²) in [4.78, 5) is 27.2. The van der Waals surface area contributed by atoms with Gasteiger partial charge in [-0.2, -0.15) is 0 Å². The molecule has 0 saturated heterocycles. The van der Waals surface area contributed by atoms with E-state index in [9.17, 15) is 9.59 Å². The fraction of sp³-hybridized carbons (Fsp3) is 0.222. The number of hydrogen-bond donors (Lipinski definition) is 2. The zero-order valence-electron chi connectivity index (χ0n) is 19.2. The van der Waals surface area contributed by atoms with E-state index in [4.69, 9.17) is 0 Å². The highest BCUT2D eigenvalue weighted by molar-refractivity contribution is 5.92. The molecule has 0 fully saturated rings. The van der Waals surface area contributed by atoms with Crippen LogP contribution < -0.4 is 10.6 Å². The third-order valence-electron chi connectivity index (χ3n) is 5.66. The van der Waals surface area contributed by atoms with Crippen molar-refractivity contribution in [1.29, 1.82) is 0 Å². The van der Waals surface area contributed by atoms with Crippen LogP contribution in [-0.2, 0) is 11.8 Å². The lowest BCUT2D eigenvalue weighted by Crippen LogP contribution is -2.43. The maximum atomic E-state index is 12.4. The molecule has 2 N–H and O–H groups in total. The molecule has 33 heavy (non-hydrogen) atoms. The number of amides is 2. The number of carbonyl (C=O) groups excluding carboxylic acids is 2. The van der Waals surface area contributed by atoms with Crippen molar-refractivity contribution in [2.75, 3.05) is 0 Å². The van der Waals surface area contributed by atoms with E-state index < -0.39 is 0 Å². The average molecular weight is 443 g/mol. The molecule has 0 radical (unpaired) electrons. The number of nitrogens with one attached hydrogen (secondary N) is 2. The molecule has 0 aliphatic carbocycles. The number of aromatic nitrogens is 2. The number of aryl methyl sites for hydroxylation is 2. The molecule has 2 amide bonds. The number of para-hydroxylation sites is 1. The first kappa shape index (κ1) is 23.7. The number of fused-ring (bicyclic) bond motifs is 1. The topological polar surface area (TPSA) is 76.0 Å². The van der Waals surface area contributed by atoms with Crippen LogP contribution in [0, 0.1) is 6.92 Å². The standard InChI is InChI=1S/C17H19N3O2.C10H11N/c1-2-14(19-12-21)16(13-8-4-3-5-9-13)20-17(22)15-10-6-7-11-18-15;1-8-7-9-5-3-4-6-10(9)11(8)2/h3-12,14,16H,2H2,1H3,(H,19,21)(H,20,22);3-7H,1-2H3. The molecule has 0 saturated carbocycles. The maximum Gasteiger partial charge on any atom is 0.270 e. The second-order valence-corrected chi connectivity index (χ2v) is 7.78. The van der Waals surface area contributed by atoms with Gasteiger partial charge in [0.25, 0.3) is 5.91 Å². The van der Waals surface area contributed by atoms with E-state index in [2.05, 4.69) is 64.5 Å². The van der Waals surface area contributed by atoms with Gasteiger partial charge in [-0.05, 0) is 48.6 Å². The maximum absolute atomic E-state index is 12.4. The van der Waals surface area contributed by atoms with E-state index in [1.807, 2.05) is 37.3 Å². The molecule has 0 aliphatic heterocycles. The summed E-state index contributed by atoms with van der Waals surface area (Å²) < 4.78 is 2.20. The molecule has 2 aromatic heterocycles. The summed E-state index contributed by atoms with van der Waals surface area (Å²) in [5, 5.41) is 7.06. The summed E-state index contributed by atoms with van der Waals surface area (Å²) in [6.07, 6.45) is 2.94. The highest BCUT2D eigenvalue weighted by Gasteiger charge is 2.24. The molecule has 2 heterocycles. The quantitative estimate of drug-likeness (QED) is 0.412. The van der Waals surface area contributed by atoms with Gasteiger partial charge in [0.1, 0.15) is 5.69 Å². The molecule has 0 bridgehead atoms. The van der Waals surface area contributed by atoms with Crippen LogP contribution in [0.3, 0.4) is 0 Å². The van der Waals surface area contributed by atoms with Crippen molar-refractivity contribution in [3.05, 3.63) is 102 Å². The van der Waals surface area contributed by atoms with Gasteiger partial charge in [-0.25, -0.2) is 0 Å². The summed E-state index contributed by atoms with van der Waals surface area (Å²) in [6.45, 7) is 4.09. The molecular formula is C27H30N4O2. The van der Waals surface area contributed by atoms with Crippen LogP contribution in [0.4, 0.5) is 0 Å². The third-order valence-corrected chi connectivity index (χ3v) is 5.66. The number of pyridine rings is 1. The zero-order chi connectivity index (χ0) is 23.6. The molecule has 6 nitrogen and oxygen atoms in total. The fourth-order valence-corrected chi connectivity index (χ4v) is 3.75. The first-order valence-corrected chi connectivity index (χ1v) is 11.0. The van der Waals surface area contributed by atoms with Crippen LogP contribution in [0.2, 0.25) is 0 Å². The Morgan fingerprint density at radius 2 is 1.73 bits per heavy atom. The zero-order valence-corrected chi connectivity index (χ0v) is 19.2. The molecule has 2 aromatic carbocycles. The molecule has 2 atom stereocenters. The van der Waals surface area contributed by atoms with Crippen molar-refractivity contribution in [3.63, 3.8) is 0 Å². The Morgan fingerprint density at radius 1 is 1.03 bits per heavy atom. The monoisotopic (exact) mass is 442 g/mol. The summed E-state index contributed by atoms with van der Waals surface area (Å²) in [7, 11) is 2.09. The van der Waals surface area contributed by atoms with Gasteiger partial charge in [0.2, 0.25) is 6.41 Å². The van der Waals surface area contributed by atoms with E-state index in [-0.39, 0.29) is 18.0 Å². The van der Waals surface area contributed by atoms with Crippen LogP contribution in [0.25, 0.3) is 10.9 Å². The third kappa shape index (κ3) is 6.07. The Bertz CT molecular complexity index is 1170. The average Bonchev–Trinajstić information content (AvgIpc) is 3.16. The Labute approximate surface area is 194 Å². The summed E-state index contributed by atoms with van der Waals surface area (Å²) in [5.74, 6) is -0.263. The Morgan fingerprint density at radius 3 is 2.36 bits per heavy atom. The van der Waals surface area contributed by atoms with E-state index in [0.717, 1.165) is 5.56 Å². The van der Waals surface area contributed by atoms with Gasteiger partial charge in [-0.3, -0.25) is 14.6 Å². The number of hydrogen-bond acceptors (Lipinski definition) is 3. The van der Waals surface area contributed by atoms with Crippen molar-refractivity contribution in [2.24, 2.45) is 7.05 Å². The van der Waals surface area contributed by atoms with Crippen molar-refractivity contribution >= 4 is 23.2 Å². The van der Waals surface area contributed by atoms with E-state index >= 15 is 0 Å². The predicted molar refractivity (Wildman–Crippen MR) is 132 cm³/mol. The van der Waals surface area contributed by atoms with Crippen LogP contribution >= 0.6 is 0 Å². The van der Waals surface area contributed by atoms with Gasteiger partial charge in [0.15, 0.2) is 0 Å². The van der Waals surface area contributed by atoms with Crippen molar-refractivity contribution in [3.8, 4) is 0 Å². The van der Waals surface area contributed by atoms with Crippen LogP contribution in [0.5, 0.6) is 0 Å². The number of rotatable bonds is 7. The second kappa shape index (κ2) is 11.6. The van der Waals surface area contributed by atoms with Crippen molar-refractivity contribution in [2.45, 2.75) is 32.4 Å². The Kier molecular flexibility index (Phi) is 8.36. The minimum Gasteiger partial charge on any atom is -0.354 e. The highest BCUT2D eigenvalue weighted by atomic mass is 16.2. The summed E-state index contributed by atoms with van der Waals surface area (Å²) >= 11 is 0. The summed E-state index contributed by atoms with van der Waals surface area (Å²) in [5.41, 5.74) is 3.91. The van der Waals surface area contributed by atoms with Crippen LogP contribution in [0.15, 0.2) is 85.1 Å². The lowest BCUT2D eigenvalue weighted by Gasteiger charge is -2.27. The van der Waals surface area contributed by atoms with Crippen LogP contribution in [-0.4, -0.2) is 27.9 Å². The normalized spacial score (nSPS) is 12.2. The number of carbonyl (C=O) groups is 2. The Balaban J connectivity index is 0.000000231. The predicted octanol–water partition coefficient (Wildman–Crippen LogP) is 4.56. The number of nitrogens with zero attached hydrogens (tertiary/aromatic N) is 2. The lowest BCUT2D eigenvalue weighted by molar-refractivity contribution is -0.110. The van der Waals surface area contributed by atoms with E-state index in [1.165, 1.54) is 16.6 Å². The first-order chi connectivity index (χ1) is 16.0. The highest BCUT2D eigenvalue weighted by Crippen LogP contribution is 2.19. The van der Waals surface area contributed by atoms with Gasteiger partial charge in [0.05, 0.1) is 12.1 Å². The second-order valence-electron chi connectivity index (χ2n) is 7.78. The van der Waals surface area contributed by atoms with E-state index in [1.54, 1.807) is 24.4 Å². The first-order valence-electron chi connectivity index (χ1n) is 11.0. The molecule has 4 aromatic rings. The minimum atomic E-state index is -0.314. The lowest BCUT2D eigenvalue weighted by atomic mass is 9.97. The Hall–Kier alpha value is -3.93. The molecule has 4 rings (SSSR count). The molecule has 0 aliphatic rings. The van der Waals surface area contributed by atoms with Crippen molar-refractivity contribution in [1.82, 2.24) is 20.2 Å². The van der Waals surface area contributed by atoms with Gasteiger partial charge >= 0.3 is 0 Å². The smallest absolute Gasteiger partial charge is 0.270 e. The molecule has 2 unspecified atom stereocenters. The van der Waals surface area contributed by atoms with E-state index in [0.29, 0.717) is 18.5 Å². The molecule has 6 heteroatoms. The van der Waals surface area contributed by atoms with Crippen LogP contribution in [0.1, 0.15) is 41.1 Å². The van der Waals surface area contributed by atoms with Gasteiger partial charge in [-0.1, -0.05) is 61.5 Å². The minimum absolute atomic E-state index is 0.187.